The van der Waals surface area contributed by atoms with E-state index in [1.807, 2.05) is 4.90 Å². The lowest BCUT2D eigenvalue weighted by molar-refractivity contribution is 0.0685. The van der Waals surface area contributed by atoms with Crippen molar-refractivity contribution in [1.82, 2.24) is 4.98 Å². The molecule has 1 atom stereocenters. The number of carboxylic acids is 2. The van der Waals surface area contributed by atoms with Gasteiger partial charge in [-0.1, -0.05) is 0 Å². The Kier molecular flexibility index (Phi) is 3.69. The predicted octanol–water partition coefficient (Wildman–Crippen LogP) is 1.86. The van der Waals surface area contributed by atoms with Crippen LogP contribution in [-0.4, -0.2) is 39.7 Å². The monoisotopic (exact) mass is 264 g/mol. The van der Waals surface area contributed by atoms with Crippen molar-refractivity contribution >= 4 is 17.6 Å². The van der Waals surface area contributed by atoms with Gasteiger partial charge in [0.25, 0.3) is 0 Å². The predicted molar refractivity (Wildman–Crippen MR) is 68.8 cm³/mol. The van der Waals surface area contributed by atoms with E-state index in [0.717, 1.165) is 25.8 Å². The fourth-order valence-corrected chi connectivity index (χ4v) is 2.38. The molecule has 0 radical (unpaired) electrons. The third-order valence-corrected chi connectivity index (χ3v) is 3.38. The van der Waals surface area contributed by atoms with Crippen LogP contribution in [0.3, 0.4) is 0 Å². The average Bonchev–Trinajstić information content (AvgIpc) is 2.38. The molecule has 1 aromatic heterocycles. The van der Waals surface area contributed by atoms with Gasteiger partial charge in [-0.2, -0.15) is 0 Å². The molecule has 2 rings (SSSR count). The molecule has 2 N–H and O–H groups in total. The molecule has 1 aliphatic rings. The van der Waals surface area contributed by atoms with Gasteiger partial charge in [0, 0.05) is 18.3 Å². The molecule has 2 heterocycles. The summed E-state index contributed by atoms with van der Waals surface area (Å²) in [6.07, 6.45) is 3.19. The highest BCUT2D eigenvalue weighted by molar-refractivity contribution is 5.91. The minimum Gasteiger partial charge on any atom is -0.477 e. The molecule has 0 aromatic carbocycles. The van der Waals surface area contributed by atoms with Crippen LogP contribution in [0.1, 0.15) is 47.2 Å². The van der Waals surface area contributed by atoms with Crippen LogP contribution in [0.5, 0.6) is 0 Å². The number of aromatic nitrogens is 1. The molecule has 1 saturated heterocycles. The maximum Gasteiger partial charge on any atom is 0.354 e. The van der Waals surface area contributed by atoms with Gasteiger partial charge in [-0.25, -0.2) is 14.6 Å². The van der Waals surface area contributed by atoms with Gasteiger partial charge in [0.05, 0.1) is 0 Å². The Balaban J connectivity index is 2.43. The molecule has 19 heavy (non-hydrogen) atoms. The first-order valence-corrected chi connectivity index (χ1v) is 6.24. The molecule has 0 aliphatic carbocycles. The minimum absolute atomic E-state index is 0.229. The standard InChI is InChI=1S/C13H16N2O4/c1-8-4-2-3-5-15(8)9-6-10(12(16)17)14-11(7-9)13(18)19/h6-8H,2-5H2,1H3,(H,16,17)(H,18,19). The van der Waals surface area contributed by atoms with Gasteiger partial charge in [-0.15, -0.1) is 0 Å². The largest absolute Gasteiger partial charge is 0.477 e. The zero-order valence-corrected chi connectivity index (χ0v) is 10.7. The molecule has 0 saturated carbocycles. The second-order valence-electron chi connectivity index (χ2n) is 4.74. The van der Waals surface area contributed by atoms with Crippen LogP contribution in [0.2, 0.25) is 0 Å². The molecule has 6 nitrogen and oxygen atoms in total. The fraction of sp³-hybridized carbons (Fsp3) is 0.462. The summed E-state index contributed by atoms with van der Waals surface area (Å²) >= 11 is 0. The van der Waals surface area contributed by atoms with Crippen molar-refractivity contribution < 1.29 is 19.8 Å². The lowest BCUT2D eigenvalue weighted by atomic mass is 10.0. The first-order valence-electron chi connectivity index (χ1n) is 6.24. The summed E-state index contributed by atoms with van der Waals surface area (Å²) in [5.74, 6) is -2.43. The highest BCUT2D eigenvalue weighted by Crippen LogP contribution is 2.25. The van der Waals surface area contributed by atoms with Crippen molar-refractivity contribution in [3.8, 4) is 0 Å². The molecule has 6 heteroatoms. The molecule has 0 spiro atoms. The van der Waals surface area contributed by atoms with E-state index in [1.165, 1.54) is 12.1 Å². The smallest absolute Gasteiger partial charge is 0.354 e. The Hall–Kier alpha value is -2.11. The van der Waals surface area contributed by atoms with Crippen LogP contribution in [0.25, 0.3) is 0 Å². The van der Waals surface area contributed by atoms with E-state index in [1.54, 1.807) is 0 Å². The molecule has 1 fully saturated rings. The summed E-state index contributed by atoms with van der Waals surface area (Å²) in [7, 11) is 0. The van der Waals surface area contributed by atoms with E-state index < -0.39 is 11.9 Å². The Morgan fingerprint density at radius 2 is 1.79 bits per heavy atom. The number of anilines is 1. The molecule has 0 bridgehead atoms. The molecule has 0 amide bonds. The second kappa shape index (κ2) is 5.26. The van der Waals surface area contributed by atoms with Crippen molar-refractivity contribution in [3.05, 3.63) is 23.5 Å². The summed E-state index contributed by atoms with van der Waals surface area (Å²) in [6, 6.07) is 3.16. The summed E-state index contributed by atoms with van der Waals surface area (Å²) in [5.41, 5.74) is 0.164. The maximum absolute atomic E-state index is 11.0. The van der Waals surface area contributed by atoms with E-state index >= 15 is 0 Å². The van der Waals surface area contributed by atoms with Crippen molar-refractivity contribution in [1.29, 1.82) is 0 Å². The van der Waals surface area contributed by atoms with Gasteiger partial charge in [0.15, 0.2) is 11.4 Å². The van der Waals surface area contributed by atoms with Crippen molar-refractivity contribution in [2.24, 2.45) is 0 Å². The highest BCUT2D eigenvalue weighted by Gasteiger charge is 2.22. The first-order chi connectivity index (χ1) is 8.99. The van der Waals surface area contributed by atoms with Gasteiger partial charge in [0.2, 0.25) is 0 Å². The topological polar surface area (TPSA) is 90.7 Å². The number of aromatic carboxylic acids is 2. The Labute approximate surface area is 110 Å². The lowest BCUT2D eigenvalue weighted by Crippen LogP contribution is -2.37. The number of piperidine rings is 1. The van der Waals surface area contributed by atoms with Crippen molar-refractivity contribution in [3.63, 3.8) is 0 Å². The molecule has 102 valence electrons. The summed E-state index contributed by atoms with van der Waals surface area (Å²) in [4.78, 5) is 27.7. The Bertz CT molecular complexity index is 483. The number of hydrogen-bond acceptors (Lipinski definition) is 4. The van der Waals surface area contributed by atoms with Crippen LogP contribution < -0.4 is 4.90 Å². The normalized spacial score (nSPS) is 19.2. The molecular formula is C13H16N2O4. The SMILES string of the molecule is CC1CCCCN1c1cc(C(=O)O)nc(C(=O)O)c1. The number of nitrogens with zero attached hydrogens (tertiary/aromatic N) is 2. The van der Waals surface area contributed by atoms with E-state index in [-0.39, 0.29) is 17.4 Å². The number of carbonyl (C=O) groups is 2. The van der Waals surface area contributed by atoms with Crippen LogP contribution in [0, 0.1) is 0 Å². The second-order valence-corrected chi connectivity index (χ2v) is 4.74. The van der Waals surface area contributed by atoms with Crippen LogP contribution in [-0.2, 0) is 0 Å². The van der Waals surface area contributed by atoms with Crippen molar-refractivity contribution in [2.75, 3.05) is 11.4 Å². The van der Waals surface area contributed by atoms with Gasteiger partial charge >= 0.3 is 11.9 Å². The molecule has 1 aromatic rings. The van der Waals surface area contributed by atoms with Crippen molar-refractivity contribution in [2.45, 2.75) is 32.2 Å². The third kappa shape index (κ3) is 2.83. The fourth-order valence-electron chi connectivity index (χ4n) is 2.38. The van der Waals surface area contributed by atoms with Crippen LogP contribution in [0.15, 0.2) is 12.1 Å². The first kappa shape index (κ1) is 13.3. The Morgan fingerprint density at radius 1 is 1.21 bits per heavy atom. The number of carboxylic acid groups (broad SMARTS) is 2. The van der Waals surface area contributed by atoms with E-state index in [2.05, 4.69) is 11.9 Å². The van der Waals surface area contributed by atoms with E-state index in [4.69, 9.17) is 10.2 Å². The summed E-state index contributed by atoms with van der Waals surface area (Å²) in [6.45, 7) is 2.86. The summed E-state index contributed by atoms with van der Waals surface area (Å²) < 4.78 is 0. The van der Waals surface area contributed by atoms with Crippen LogP contribution >= 0.6 is 0 Å². The zero-order valence-electron chi connectivity index (χ0n) is 10.7. The quantitative estimate of drug-likeness (QED) is 0.865. The zero-order chi connectivity index (χ0) is 14.0. The van der Waals surface area contributed by atoms with E-state index in [9.17, 15) is 9.59 Å². The van der Waals surface area contributed by atoms with Gasteiger partial charge in [-0.05, 0) is 38.3 Å². The summed E-state index contributed by atoms with van der Waals surface area (Å²) in [5, 5.41) is 18.0. The highest BCUT2D eigenvalue weighted by atomic mass is 16.4. The number of pyridine rings is 1. The maximum atomic E-state index is 11.0. The van der Waals surface area contributed by atoms with Gasteiger partial charge in [-0.3, -0.25) is 0 Å². The van der Waals surface area contributed by atoms with E-state index in [0.29, 0.717) is 5.69 Å². The third-order valence-electron chi connectivity index (χ3n) is 3.38. The lowest BCUT2D eigenvalue weighted by Gasteiger charge is -2.35. The molecule has 1 aliphatic heterocycles. The number of hydrogen-bond donors (Lipinski definition) is 2. The molecular weight excluding hydrogens is 248 g/mol. The molecule has 1 unspecified atom stereocenters. The number of rotatable bonds is 3. The van der Waals surface area contributed by atoms with Gasteiger partial charge < -0.3 is 15.1 Å². The average molecular weight is 264 g/mol. The Morgan fingerprint density at radius 3 is 2.26 bits per heavy atom. The van der Waals surface area contributed by atoms with Gasteiger partial charge in [0.1, 0.15) is 0 Å². The minimum atomic E-state index is -1.21. The van der Waals surface area contributed by atoms with Crippen LogP contribution in [0.4, 0.5) is 5.69 Å².